The third-order valence-corrected chi connectivity index (χ3v) is 3.26. The molecule has 0 saturated heterocycles. The summed E-state index contributed by atoms with van der Waals surface area (Å²) in [5, 5.41) is 14.4. The van der Waals surface area contributed by atoms with Gasteiger partial charge in [-0.1, -0.05) is 6.07 Å². The molecule has 90 valence electrons. The molecule has 1 aromatic carbocycles. The molecule has 0 aliphatic heterocycles. The lowest BCUT2D eigenvalue weighted by atomic mass is 9.95. The van der Waals surface area contributed by atoms with Gasteiger partial charge < -0.3 is 10.8 Å². The predicted octanol–water partition coefficient (Wildman–Crippen LogP) is 2.30. The summed E-state index contributed by atoms with van der Waals surface area (Å²) < 4.78 is 1.60. The van der Waals surface area contributed by atoms with Gasteiger partial charge in [-0.25, -0.2) is 0 Å². The number of nitrogen functional groups attached to an aromatic ring is 1. The van der Waals surface area contributed by atoms with E-state index in [0.29, 0.717) is 11.6 Å². The van der Waals surface area contributed by atoms with Crippen molar-refractivity contribution >= 4 is 5.82 Å². The van der Waals surface area contributed by atoms with Crippen LogP contribution in [-0.4, -0.2) is 14.9 Å². The Morgan fingerprint density at radius 3 is 2.41 bits per heavy atom. The fourth-order valence-corrected chi connectivity index (χ4v) is 2.05. The molecule has 2 rings (SSSR count). The Morgan fingerprint density at radius 1 is 1.24 bits per heavy atom. The van der Waals surface area contributed by atoms with Crippen molar-refractivity contribution in [3.63, 3.8) is 0 Å². The SMILES string of the molecule is Cc1cc(C)c(-c2cnn(C)c2N)c(O)c1C. The van der Waals surface area contributed by atoms with E-state index in [-0.39, 0.29) is 0 Å². The van der Waals surface area contributed by atoms with Crippen molar-refractivity contribution < 1.29 is 5.11 Å². The zero-order valence-corrected chi connectivity index (χ0v) is 10.6. The second-order valence-corrected chi connectivity index (χ2v) is 4.43. The number of hydrogen-bond acceptors (Lipinski definition) is 3. The van der Waals surface area contributed by atoms with E-state index in [9.17, 15) is 5.11 Å². The Balaban J connectivity index is 2.76. The van der Waals surface area contributed by atoms with Crippen LogP contribution in [0, 0.1) is 20.8 Å². The van der Waals surface area contributed by atoms with Crippen LogP contribution in [0.15, 0.2) is 12.3 Å². The number of benzene rings is 1. The molecule has 0 unspecified atom stereocenters. The van der Waals surface area contributed by atoms with E-state index < -0.39 is 0 Å². The third kappa shape index (κ3) is 1.65. The number of nitrogens with zero attached hydrogens (tertiary/aromatic N) is 2. The molecule has 1 heterocycles. The van der Waals surface area contributed by atoms with Crippen molar-refractivity contribution in [1.29, 1.82) is 0 Å². The monoisotopic (exact) mass is 231 g/mol. The van der Waals surface area contributed by atoms with Crippen molar-refractivity contribution in [1.82, 2.24) is 9.78 Å². The molecule has 1 aromatic heterocycles. The minimum atomic E-state index is 0.294. The van der Waals surface area contributed by atoms with E-state index in [4.69, 9.17) is 5.73 Å². The Kier molecular flexibility index (Phi) is 2.58. The van der Waals surface area contributed by atoms with E-state index in [1.807, 2.05) is 20.8 Å². The number of aryl methyl sites for hydroxylation is 3. The first kappa shape index (κ1) is 11.5. The molecule has 0 saturated carbocycles. The molecule has 0 atom stereocenters. The summed E-state index contributed by atoms with van der Waals surface area (Å²) in [6.45, 7) is 5.85. The third-order valence-electron chi connectivity index (χ3n) is 3.26. The minimum Gasteiger partial charge on any atom is -0.507 e. The van der Waals surface area contributed by atoms with Gasteiger partial charge in [0, 0.05) is 18.2 Å². The van der Waals surface area contributed by atoms with Crippen LogP contribution in [0.1, 0.15) is 16.7 Å². The van der Waals surface area contributed by atoms with Crippen LogP contribution in [0.25, 0.3) is 11.1 Å². The first-order valence-corrected chi connectivity index (χ1v) is 5.51. The summed E-state index contributed by atoms with van der Waals surface area (Å²) in [5.41, 5.74) is 10.5. The highest BCUT2D eigenvalue weighted by Crippen LogP contribution is 2.38. The van der Waals surface area contributed by atoms with Crippen LogP contribution in [0.5, 0.6) is 5.75 Å². The maximum absolute atomic E-state index is 10.3. The second kappa shape index (κ2) is 3.80. The number of hydrogen-bond donors (Lipinski definition) is 2. The molecular formula is C13H17N3O. The van der Waals surface area contributed by atoms with Crippen LogP contribution < -0.4 is 5.73 Å². The summed E-state index contributed by atoms with van der Waals surface area (Å²) in [4.78, 5) is 0. The topological polar surface area (TPSA) is 64.1 Å². The highest BCUT2D eigenvalue weighted by atomic mass is 16.3. The number of aromatic nitrogens is 2. The zero-order chi connectivity index (χ0) is 12.7. The molecule has 4 heteroatoms. The molecule has 2 aromatic rings. The number of anilines is 1. The average Bonchev–Trinajstić information content (AvgIpc) is 2.58. The molecule has 17 heavy (non-hydrogen) atoms. The Hall–Kier alpha value is -1.97. The van der Waals surface area contributed by atoms with Crippen molar-refractivity contribution in [3.8, 4) is 16.9 Å². The van der Waals surface area contributed by atoms with Crippen molar-refractivity contribution in [2.75, 3.05) is 5.73 Å². The quantitative estimate of drug-likeness (QED) is 0.791. The maximum atomic E-state index is 10.3. The van der Waals surface area contributed by atoms with E-state index >= 15 is 0 Å². The summed E-state index contributed by atoms with van der Waals surface area (Å²) in [7, 11) is 1.78. The van der Waals surface area contributed by atoms with Gasteiger partial charge in [0.25, 0.3) is 0 Å². The van der Waals surface area contributed by atoms with Crippen LogP contribution in [0.3, 0.4) is 0 Å². The van der Waals surface area contributed by atoms with Gasteiger partial charge in [0.15, 0.2) is 0 Å². The summed E-state index contributed by atoms with van der Waals surface area (Å²) in [5.74, 6) is 0.855. The largest absolute Gasteiger partial charge is 0.507 e. The highest BCUT2D eigenvalue weighted by molar-refractivity contribution is 5.82. The second-order valence-electron chi connectivity index (χ2n) is 4.43. The number of phenols is 1. The van der Waals surface area contributed by atoms with Gasteiger partial charge in [0.1, 0.15) is 11.6 Å². The standard InChI is InChI=1S/C13H17N3O/c1-7-5-8(2)11(12(17)9(7)3)10-6-15-16(4)13(10)14/h5-6,17H,14H2,1-4H3. The van der Waals surface area contributed by atoms with Gasteiger partial charge in [-0.15, -0.1) is 0 Å². The molecule has 0 radical (unpaired) electrons. The Bertz CT molecular complexity index is 585. The fraction of sp³-hybridized carbons (Fsp3) is 0.308. The molecule has 0 amide bonds. The summed E-state index contributed by atoms with van der Waals surface area (Å²) in [6, 6.07) is 2.05. The summed E-state index contributed by atoms with van der Waals surface area (Å²) in [6.07, 6.45) is 1.69. The van der Waals surface area contributed by atoms with E-state index in [1.54, 1.807) is 17.9 Å². The average molecular weight is 231 g/mol. The first-order chi connectivity index (χ1) is 7.93. The first-order valence-electron chi connectivity index (χ1n) is 5.51. The van der Waals surface area contributed by atoms with Gasteiger partial charge in [-0.3, -0.25) is 4.68 Å². The molecule has 0 fully saturated rings. The molecule has 4 nitrogen and oxygen atoms in total. The van der Waals surface area contributed by atoms with Gasteiger partial charge in [-0.05, 0) is 37.5 Å². The lowest BCUT2D eigenvalue weighted by Crippen LogP contribution is -1.99. The van der Waals surface area contributed by atoms with E-state index in [0.717, 1.165) is 27.8 Å². The van der Waals surface area contributed by atoms with Crippen LogP contribution in [-0.2, 0) is 7.05 Å². The van der Waals surface area contributed by atoms with Crippen LogP contribution in [0.2, 0.25) is 0 Å². The van der Waals surface area contributed by atoms with E-state index in [2.05, 4.69) is 11.2 Å². The Morgan fingerprint density at radius 2 is 1.88 bits per heavy atom. The Labute approximate surface area is 101 Å². The molecular weight excluding hydrogens is 214 g/mol. The number of aromatic hydroxyl groups is 1. The summed E-state index contributed by atoms with van der Waals surface area (Å²) >= 11 is 0. The molecule has 3 N–H and O–H groups in total. The number of rotatable bonds is 1. The zero-order valence-electron chi connectivity index (χ0n) is 10.6. The fourth-order valence-electron chi connectivity index (χ4n) is 2.05. The number of phenolic OH excluding ortho intramolecular Hbond substituents is 1. The van der Waals surface area contributed by atoms with Crippen LogP contribution in [0.4, 0.5) is 5.82 Å². The van der Waals surface area contributed by atoms with Gasteiger partial charge >= 0.3 is 0 Å². The normalized spacial score (nSPS) is 10.8. The van der Waals surface area contributed by atoms with Crippen LogP contribution >= 0.6 is 0 Å². The smallest absolute Gasteiger partial charge is 0.129 e. The molecule has 0 aliphatic carbocycles. The number of nitrogens with two attached hydrogens (primary N) is 1. The molecule has 0 spiro atoms. The maximum Gasteiger partial charge on any atom is 0.129 e. The minimum absolute atomic E-state index is 0.294. The lowest BCUT2D eigenvalue weighted by molar-refractivity contribution is 0.472. The lowest BCUT2D eigenvalue weighted by Gasteiger charge is -2.13. The van der Waals surface area contributed by atoms with Gasteiger partial charge in [0.05, 0.1) is 6.20 Å². The highest BCUT2D eigenvalue weighted by Gasteiger charge is 2.16. The molecule has 0 aliphatic rings. The van der Waals surface area contributed by atoms with Crippen molar-refractivity contribution in [2.45, 2.75) is 20.8 Å². The van der Waals surface area contributed by atoms with E-state index in [1.165, 1.54) is 0 Å². The van der Waals surface area contributed by atoms with Crippen molar-refractivity contribution in [2.24, 2.45) is 7.05 Å². The van der Waals surface area contributed by atoms with Gasteiger partial charge in [0.2, 0.25) is 0 Å². The predicted molar refractivity (Wildman–Crippen MR) is 68.9 cm³/mol. The molecule has 0 bridgehead atoms. The van der Waals surface area contributed by atoms with Gasteiger partial charge in [-0.2, -0.15) is 5.10 Å². The van der Waals surface area contributed by atoms with Crippen molar-refractivity contribution in [3.05, 3.63) is 29.0 Å².